The molecule has 0 aliphatic rings. The molecular weight excluding hydrogens is 292 g/mol. The van der Waals surface area contributed by atoms with Gasteiger partial charge in [0.15, 0.2) is 0 Å². The van der Waals surface area contributed by atoms with Crippen LogP contribution in [0.25, 0.3) is 5.69 Å². The van der Waals surface area contributed by atoms with Crippen molar-refractivity contribution >= 4 is 0 Å². The average molecular weight is 311 g/mol. The van der Waals surface area contributed by atoms with E-state index in [1.54, 1.807) is 0 Å². The van der Waals surface area contributed by atoms with Crippen LogP contribution in [0.3, 0.4) is 0 Å². The lowest BCUT2D eigenvalue weighted by Crippen LogP contribution is -3.00. The molecule has 4 heteroatoms. The number of rotatable bonds is 5. The topological polar surface area (TPSA) is 18.0 Å². The van der Waals surface area contributed by atoms with Crippen molar-refractivity contribution in [2.24, 2.45) is 0 Å². The van der Waals surface area contributed by atoms with E-state index in [2.05, 4.69) is 46.9 Å². The summed E-state index contributed by atoms with van der Waals surface area (Å²) in [6, 6.07) is 8.15. The number of imidazole rings is 1. The van der Waals surface area contributed by atoms with Gasteiger partial charge < -0.3 is 21.7 Å². The quantitative estimate of drug-likeness (QED) is 0.686. The normalized spacial score (nSPS) is 9.89. The van der Waals surface area contributed by atoms with Crippen molar-refractivity contribution in [3.05, 3.63) is 43.0 Å². The molecule has 2 aromatic rings. The molecule has 0 bridgehead atoms. The van der Waals surface area contributed by atoms with E-state index < -0.39 is 0 Å². The van der Waals surface area contributed by atoms with Crippen molar-refractivity contribution in [3.63, 3.8) is 0 Å². The summed E-state index contributed by atoms with van der Waals surface area (Å²) in [5.41, 5.74) is 1.16. The van der Waals surface area contributed by atoms with Gasteiger partial charge >= 0.3 is 0 Å². The van der Waals surface area contributed by atoms with Gasteiger partial charge in [-0.1, -0.05) is 6.92 Å². The molecule has 2 rings (SSSR count). The number of benzene rings is 1. The van der Waals surface area contributed by atoms with Gasteiger partial charge in [0.05, 0.1) is 13.2 Å². The summed E-state index contributed by atoms with van der Waals surface area (Å²) in [6.45, 7) is 5.94. The molecule has 1 aromatic heterocycles. The average Bonchev–Trinajstić information content (AvgIpc) is 2.80. The molecule has 0 fully saturated rings. The monoisotopic (exact) mass is 310 g/mol. The van der Waals surface area contributed by atoms with E-state index in [4.69, 9.17) is 4.74 Å². The van der Waals surface area contributed by atoms with Crippen LogP contribution in [0.5, 0.6) is 5.75 Å². The fraction of sp³-hybridized carbons (Fsp3) is 0.357. The standard InChI is InChI=1S/C14H19N2O.BrH/c1-3-9-15-10-11-16(12-15)13-5-7-14(8-6-13)17-4-2;/h5-8,10-12H,3-4,9H2,1-2H3;1H/q+1;/p-1. The van der Waals surface area contributed by atoms with Gasteiger partial charge in [-0.3, -0.25) is 0 Å². The second-order valence-electron chi connectivity index (χ2n) is 3.99. The Hall–Kier alpha value is -1.29. The molecule has 1 heterocycles. The zero-order chi connectivity index (χ0) is 12.1. The molecule has 0 radical (unpaired) electrons. The molecule has 0 saturated heterocycles. The van der Waals surface area contributed by atoms with Gasteiger partial charge in [-0.25, -0.2) is 9.13 Å². The SMILES string of the molecule is CCC[n+]1ccn(-c2ccc(OCC)cc2)c1.[Br-]. The third-order valence-electron chi connectivity index (χ3n) is 2.62. The van der Waals surface area contributed by atoms with Crippen LogP contribution in [0.4, 0.5) is 0 Å². The molecule has 0 amide bonds. The zero-order valence-electron chi connectivity index (χ0n) is 10.8. The van der Waals surface area contributed by atoms with Gasteiger partial charge in [0.1, 0.15) is 23.8 Å². The predicted molar refractivity (Wildman–Crippen MR) is 67.4 cm³/mol. The minimum atomic E-state index is 0. The Morgan fingerprint density at radius 3 is 2.50 bits per heavy atom. The molecular formula is C14H19BrN2O. The smallest absolute Gasteiger partial charge is 0.248 e. The van der Waals surface area contributed by atoms with Crippen molar-refractivity contribution < 1.29 is 26.3 Å². The van der Waals surface area contributed by atoms with E-state index in [0.29, 0.717) is 6.61 Å². The summed E-state index contributed by atoms with van der Waals surface area (Å²) in [7, 11) is 0. The van der Waals surface area contributed by atoms with Crippen molar-refractivity contribution in [1.82, 2.24) is 4.57 Å². The van der Waals surface area contributed by atoms with Crippen LogP contribution >= 0.6 is 0 Å². The molecule has 0 atom stereocenters. The highest BCUT2D eigenvalue weighted by Gasteiger charge is 2.05. The first-order chi connectivity index (χ1) is 8.33. The van der Waals surface area contributed by atoms with E-state index in [1.165, 1.54) is 0 Å². The lowest BCUT2D eigenvalue weighted by atomic mass is 10.3. The molecule has 1 aromatic carbocycles. The number of aromatic nitrogens is 2. The maximum Gasteiger partial charge on any atom is 0.248 e. The lowest BCUT2D eigenvalue weighted by molar-refractivity contribution is -0.696. The van der Waals surface area contributed by atoms with Crippen LogP contribution in [0.15, 0.2) is 43.0 Å². The Labute approximate surface area is 119 Å². The minimum absolute atomic E-state index is 0. The van der Waals surface area contributed by atoms with Gasteiger partial charge in [0.25, 0.3) is 0 Å². The van der Waals surface area contributed by atoms with Gasteiger partial charge in [-0.05, 0) is 37.6 Å². The third kappa shape index (κ3) is 3.60. The fourth-order valence-electron chi connectivity index (χ4n) is 1.82. The van der Waals surface area contributed by atoms with Crippen LogP contribution < -0.4 is 26.3 Å². The van der Waals surface area contributed by atoms with Crippen LogP contribution in [0.1, 0.15) is 20.3 Å². The third-order valence-corrected chi connectivity index (χ3v) is 2.62. The maximum atomic E-state index is 5.43. The van der Waals surface area contributed by atoms with Crippen molar-refractivity contribution in [2.45, 2.75) is 26.8 Å². The molecule has 0 aliphatic heterocycles. The van der Waals surface area contributed by atoms with Crippen LogP contribution in [-0.4, -0.2) is 11.2 Å². The minimum Gasteiger partial charge on any atom is -1.00 e. The Morgan fingerprint density at radius 1 is 1.17 bits per heavy atom. The van der Waals surface area contributed by atoms with E-state index in [1.807, 2.05) is 19.1 Å². The van der Waals surface area contributed by atoms with Gasteiger partial charge in [0, 0.05) is 0 Å². The number of halogens is 1. The second kappa shape index (κ2) is 7.21. The number of hydrogen-bond acceptors (Lipinski definition) is 1. The zero-order valence-corrected chi connectivity index (χ0v) is 12.4. The van der Waals surface area contributed by atoms with Crippen LogP contribution in [-0.2, 0) is 6.54 Å². The Bertz CT molecular complexity index is 465. The summed E-state index contributed by atoms with van der Waals surface area (Å²) in [4.78, 5) is 0. The summed E-state index contributed by atoms with van der Waals surface area (Å²) < 4.78 is 9.73. The summed E-state index contributed by atoms with van der Waals surface area (Å²) >= 11 is 0. The van der Waals surface area contributed by atoms with Crippen molar-refractivity contribution in [2.75, 3.05) is 6.61 Å². The van der Waals surface area contributed by atoms with E-state index in [0.717, 1.165) is 24.4 Å². The van der Waals surface area contributed by atoms with Crippen LogP contribution in [0.2, 0.25) is 0 Å². The largest absolute Gasteiger partial charge is 1.00 e. The van der Waals surface area contributed by atoms with Crippen molar-refractivity contribution in [3.8, 4) is 11.4 Å². The molecule has 0 saturated carbocycles. The molecule has 3 nitrogen and oxygen atoms in total. The summed E-state index contributed by atoms with van der Waals surface area (Å²) in [5.74, 6) is 0.921. The highest BCUT2D eigenvalue weighted by atomic mass is 79.9. The first-order valence-electron chi connectivity index (χ1n) is 6.13. The Kier molecular flexibility index (Phi) is 5.92. The van der Waals surface area contributed by atoms with E-state index in [9.17, 15) is 0 Å². The van der Waals surface area contributed by atoms with E-state index in [-0.39, 0.29) is 17.0 Å². The molecule has 0 N–H and O–H groups in total. The number of aryl methyl sites for hydroxylation is 1. The van der Waals surface area contributed by atoms with Crippen molar-refractivity contribution in [1.29, 1.82) is 0 Å². The first kappa shape index (κ1) is 14.8. The summed E-state index contributed by atoms with van der Waals surface area (Å²) in [6.07, 6.45) is 7.43. The first-order valence-corrected chi connectivity index (χ1v) is 6.13. The summed E-state index contributed by atoms with van der Waals surface area (Å²) in [5, 5.41) is 0. The highest BCUT2D eigenvalue weighted by molar-refractivity contribution is 5.36. The highest BCUT2D eigenvalue weighted by Crippen LogP contribution is 2.14. The van der Waals surface area contributed by atoms with E-state index >= 15 is 0 Å². The maximum absolute atomic E-state index is 5.43. The molecule has 18 heavy (non-hydrogen) atoms. The van der Waals surface area contributed by atoms with Crippen LogP contribution in [0, 0.1) is 0 Å². The number of ether oxygens (including phenoxy) is 1. The van der Waals surface area contributed by atoms with Gasteiger partial charge in [-0.2, -0.15) is 0 Å². The second-order valence-corrected chi connectivity index (χ2v) is 3.99. The fourth-order valence-corrected chi connectivity index (χ4v) is 1.82. The Balaban J connectivity index is 0.00000162. The van der Waals surface area contributed by atoms with Gasteiger partial charge in [0.2, 0.25) is 6.33 Å². The Morgan fingerprint density at radius 2 is 1.89 bits per heavy atom. The molecule has 0 unspecified atom stereocenters. The molecule has 98 valence electrons. The number of hydrogen-bond donors (Lipinski definition) is 0. The predicted octanol–water partition coefficient (Wildman–Crippen LogP) is -0.422. The van der Waals surface area contributed by atoms with Gasteiger partial charge in [-0.15, -0.1) is 0 Å². The number of nitrogens with zero attached hydrogens (tertiary/aromatic N) is 2. The molecule has 0 aliphatic carbocycles. The lowest BCUT2D eigenvalue weighted by Gasteiger charge is -2.02. The molecule has 0 spiro atoms.